The Labute approximate surface area is 264 Å². The molecule has 7 aromatic carbocycles. The van der Waals surface area contributed by atoms with Gasteiger partial charge in [-0.25, -0.2) is 4.39 Å². The van der Waals surface area contributed by atoms with E-state index in [-0.39, 0.29) is 16.4 Å². The molecule has 0 amide bonds. The average molecular weight is 600 g/mol. The number of nitrogens with zero attached hydrogens (tertiary/aromatic N) is 3. The van der Waals surface area contributed by atoms with Crippen LogP contribution in [0.15, 0.2) is 158 Å². The predicted molar refractivity (Wildman–Crippen MR) is 185 cm³/mol. The number of non-ortho nitro benzene ring substituents is 1. The van der Waals surface area contributed by atoms with E-state index in [1.807, 2.05) is 30.3 Å². The topological polar surface area (TPSA) is 51.3 Å². The Kier molecular flexibility index (Phi) is 6.54. The molecule has 5 nitrogen and oxygen atoms in total. The van der Waals surface area contributed by atoms with Crippen molar-refractivity contribution in [2.45, 2.75) is 0 Å². The molecule has 0 spiro atoms. The summed E-state index contributed by atoms with van der Waals surface area (Å²) in [6.45, 7) is 0. The van der Waals surface area contributed by atoms with Crippen molar-refractivity contribution in [2.75, 3.05) is 4.90 Å². The second-order valence-electron chi connectivity index (χ2n) is 11.2. The van der Waals surface area contributed by atoms with Gasteiger partial charge in [-0.05, 0) is 95.4 Å². The van der Waals surface area contributed by atoms with Crippen molar-refractivity contribution in [3.63, 3.8) is 0 Å². The number of aromatic nitrogens is 1. The summed E-state index contributed by atoms with van der Waals surface area (Å²) in [6.07, 6.45) is 0. The fourth-order valence-electron chi connectivity index (χ4n) is 6.47. The van der Waals surface area contributed by atoms with E-state index >= 15 is 0 Å². The van der Waals surface area contributed by atoms with Crippen LogP contribution in [0.1, 0.15) is 0 Å². The quantitative estimate of drug-likeness (QED) is 0.141. The van der Waals surface area contributed by atoms with Gasteiger partial charge in [0.15, 0.2) is 0 Å². The van der Waals surface area contributed by atoms with Gasteiger partial charge >= 0.3 is 0 Å². The van der Waals surface area contributed by atoms with Crippen LogP contribution in [-0.4, -0.2) is 9.49 Å². The van der Waals surface area contributed by atoms with E-state index in [1.165, 1.54) is 24.3 Å². The number of halogens is 1. The van der Waals surface area contributed by atoms with E-state index < -0.39 is 0 Å². The SMILES string of the molecule is O=[N+]([O-])c1ccc(-c2ccc(N(c3ccc(F)cc3)c3ccc4c(c3)c3ccccc3n4-c3ccccc3)c3ccccc23)cc1. The number of rotatable bonds is 6. The van der Waals surface area contributed by atoms with Crippen molar-refractivity contribution in [3.8, 4) is 16.8 Å². The molecule has 0 bridgehead atoms. The molecule has 0 aliphatic carbocycles. The number of nitro groups is 1. The fraction of sp³-hybridized carbons (Fsp3) is 0. The van der Waals surface area contributed by atoms with Crippen LogP contribution in [0.5, 0.6) is 0 Å². The van der Waals surface area contributed by atoms with Crippen molar-refractivity contribution < 1.29 is 9.31 Å². The first-order valence-corrected chi connectivity index (χ1v) is 15.0. The molecular weight excluding hydrogens is 573 g/mol. The van der Waals surface area contributed by atoms with E-state index in [0.717, 1.165) is 66.5 Å². The van der Waals surface area contributed by atoms with Gasteiger partial charge in [0.05, 0.1) is 21.6 Å². The van der Waals surface area contributed by atoms with Crippen molar-refractivity contribution in [2.24, 2.45) is 0 Å². The Hall–Kier alpha value is -6.27. The van der Waals surface area contributed by atoms with Crippen LogP contribution in [-0.2, 0) is 0 Å². The molecule has 0 N–H and O–H groups in total. The monoisotopic (exact) mass is 599 g/mol. The maximum atomic E-state index is 14.2. The first kappa shape index (κ1) is 27.3. The van der Waals surface area contributed by atoms with Crippen LogP contribution in [0.2, 0.25) is 0 Å². The zero-order valence-corrected chi connectivity index (χ0v) is 24.5. The van der Waals surface area contributed by atoms with Crippen molar-refractivity contribution in [1.82, 2.24) is 4.57 Å². The van der Waals surface area contributed by atoms with Gasteiger partial charge in [-0.3, -0.25) is 10.1 Å². The third kappa shape index (κ3) is 4.55. The minimum absolute atomic E-state index is 0.0520. The molecule has 0 atom stereocenters. The summed E-state index contributed by atoms with van der Waals surface area (Å²) in [5.41, 5.74) is 7.89. The number of nitro benzene ring substituents is 1. The van der Waals surface area contributed by atoms with Crippen molar-refractivity contribution in [1.29, 1.82) is 0 Å². The zero-order chi connectivity index (χ0) is 31.2. The summed E-state index contributed by atoms with van der Waals surface area (Å²) in [4.78, 5) is 13.0. The third-order valence-electron chi connectivity index (χ3n) is 8.54. The van der Waals surface area contributed by atoms with Crippen LogP contribution >= 0.6 is 0 Å². The summed E-state index contributed by atoms with van der Waals surface area (Å²) in [6, 6.07) is 50.7. The average Bonchev–Trinajstić information content (AvgIpc) is 3.43. The van der Waals surface area contributed by atoms with Gasteiger partial charge in [0, 0.05) is 45.4 Å². The molecule has 8 rings (SSSR count). The van der Waals surface area contributed by atoms with Gasteiger partial charge in [-0.1, -0.05) is 66.7 Å². The van der Waals surface area contributed by atoms with Gasteiger partial charge in [-0.2, -0.15) is 0 Å². The molecule has 0 radical (unpaired) electrons. The maximum absolute atomic E-state index is 14.2. The minimum atomic E-state index is -0.389. The molecule has 0 unspecified atom stereocenters. The molecule has 1 heterocycles. The zero-order valence-electron chi connectivity index (χ0n) is 24.5. The largest absolute Gasteiger partial charge is 0.310 e. The van der Waals surface area contributed by atoms with Gasteiger partial charge in [0.1, 0.15) is 5.82 Å². The third-order valence-corrected chi connectivity index (χ3v) is 8.54. The number of hydrogen-bond acceptors (Lipinski definition) is 3. The number of benzene rings is 7. The normalized spacial score (nSPS) is 11.3. The number of para-hydroxylation sites is 2. The second kappa shape index (κ2) is 11.0. The first-order valence-electron chi connectivity index (χ1n) is 15.0. The van der Waals surface area contributed by atoms with Crippen LogP contribution < -0.4 is 4.90 Å². The summed E-state index contributed by atoms with van der Waals surface area (Å²) >= 11 is 0. The minimum Gasteiger partial charge on any atom is -0.310 e. The lowest BCUT2D eigenvalue weighted by Gasteiger charge is -2.27. The van der Waals surface area contributed by atoms with Crippen molar-refractivity contribution in [3.05, 3.63) is 174 Å². The lowest BCUT2D eigenvalue weighted by atomic mass is 9.96. The lowest BCUT2D eigenvalue weighted by molar-refractivity contribution is -0.384. The van der Waals surface area contributed by atoms with E-state index in [0.29, 0.717) is 0 Å². The Balaban J connectivity index is 1.36. The Bertz CT molecular complexity index is 2400. The summed E-state index contributed by atoms with van der Waals surface area (Å²) in [5, 5.41) is 15.5. The highest BCUT2D eigenvalue weighted by atomic mass is 19.1. The van der Waals surface area contributed by atoms with E-state index in [4.69, 9.17) is 0 Å². The molecule has 0 saturated heterocycles. The van der Waals surface area contributed by atoms with Gasteiger partial charge in [0.25, 0.3) is 5.69 Å². The molecule has 1 aromatic heterocycles. The molecule has 0 aliphatic heterocycles. The molecule has 0 fully saturated rings. The first-order chi connectivity index (χ1) is 22.6. The predicted octanol–water partition coefficient (Wildman–Crippen LogP) is 11.1. The van der Waals surface area contributed by atoms with E-state index in [1.54, 1.807) is 24.3 Å². The Morgan fingerprint density at radius 2 is 1.20 bits per heavy atom. The molecule has 46 heavy (non-hydrogen) atoms. The summed E-state index contributed by atoms with van der Waals surface area (Å²) < 4.78 is 16.5. The smallest absolute Gasteiger partial charge is 0.269 e. The molecule has 8 aromatic rings. The van der Waals surface area contributed by atoms with Gasteiger partial charge in [0.2, 0.25) is 0 Å². The highest BCUT2D eigenvalue weighted by molar-refractivity contribution is 6.12. The number of fused-ring (bicyclic) bond motifs is 4. The van der Waals surface area contributed by atoms with Crippen LogP contribution in [0, 0.1) is 15.9 Å². The van der Waals surface area contributed by atoms with Crippen molar-refractivity contribution >= 4 is 55.3 Å². The summed E-state index contributed by atoms with van der Waals surface area (Å²) in [7, 11) is 0. The Morgan fingerprint density at radius 1 is 0.565 bits per heavy atom. The van der Waals surface area contributed by atoms with Gasteiger partial charge in [-0.15, -0.1) is 0 Å². The maximum Gasteiger partial charge on any atom is 0.269 e. The van der Waals surface area contributed by atoms with Gasteiger partial charge < -0.3 is 9.47 Å². The lowest BCUT2D eigenvalue weighted by Crippen LogP contribution is -2.10. The molecule has 0 saturated carbocycles. The van der Waals surface area contributed by atoms with E-state index in [2.05, 4.69) is 88.3 Å². The molecule has 220 valence electrons. The Morgan fingerprint density at radius 3 is 1.93 bits per heavy atom. The number of anilines is 3. The molecular formula is C40H26FN3O2. The molecule has 0 aliphatic rings. The van der Waals surface area contributed by atoms with Crippen LogP contribution in [0.3, 0.4) is 0 Å². The van der Waals surface area contributed by atoms with Crippen LogP contribution in [0.25, 0.3) is 49.4 Å². The van der Waals surface area contributed by atoms with E-state index in [9.17, 15) is 14.5 Å². The molecule has 6 heteroatoms. The summed E-state index contributed by atoms with van der Waals surface area (Å²) in [5.74, 6) is -0.302. The standard InChI is InChI=1S/C40H26FN3O2/c41-28-16-20-30(21-17-28)42(39-25-23-33(34-10-4-5-11-35(34)39)27-14-18-31(19-15-27)44(45)46)32-22-24-40-37(26-32)36-12-6-7-13-38(36)43(40)29-8-2-1-3-9-29/h1-26H. The van der Waals surface area contributed by atoms with Crippen LogP contribution in [0.4, 0.5) is 27.1 Å². The highest BCUT2D eigenvalue weighted by Gasteiger charge is 2.20. The fourth-order valence-corrected chi connectivity index (χ4v) is 6.47. The second-order valence-corrected chi connectivity index (χ2v) is 11.2. The highest BCUT2D eigenvalue weighted by Crippen LogP contribution is 2.44. The number of hydrogen-bond donors (Lipinski definition) is 0.